The Morgan fingerprint density at radius 3 is 2.31 bits per heavy atom. The number of carbonyl (C=O) groups excluding carboxylic acids is 2. The molecule has 0 atom stereocenters. The lowest BCUT2D eigenvalue weighted by Crippen LogP contribution is -2.15. The van der Waals surface area contributed by atoms with Crippen LogP contribution in [0.5, 0.6) is 5.75 Å². The summed E-state index contributed by atoms with van der Waals surface area (Å²) in [7, 11) is 0. The molecule has 0 saturated carbocycles. The maximum absolute atomic E-state index is 13.9. The van der Waals surface area contributed by atoms with Crippen LogP contribution < -0.4 is 10.1 Å². The van der Waals surface area contributed by atoms with Crippen LogP contribution in [-0.4, -0.2) is 30.1 Å². The summed E-state index contributed by atoms with van der Waals surface area (Å²) in [5, 5.41) is 6.00. The van der Waals surface area contributed by atoms with Crippen molar-refractivity contribution in [2.45, 2.75) is 33.6 Å². The maximum Gasteiger partial charge on any atom is 0.341 e. The van der Waals surface area contributed by atoms with Gasteiger partial charge in [0.15, 0.2) is 0 Å². The first kappa shape index (κ1) is 29.5. The van der Waals surface area contributed by atoms with E-state index in [1.165, 1.54) is 16.9 Å². The molecule has 5 rings (SSSR count). The molecule has 0 aliphatic heterocycles. The zero-order valence-electron chi connectivity index (χ0n) is 23.9. The van der Waals surface area contributed by atoms with Crippen molar-refractivity contribution in [3.8, 4) is 28.1 Å². The molecule has 0 bridgehead atoms. The Kier molecular flexibility index (Phi) is 9.04. The first-order chi connectivity index (χ1) is 20.3. The number of halogens is 1. The molecule has 0 saturated heterocycles. The first-order valence-corrected chi connectivity index (χ1v) is 15.5. The standard InChI is InChI=1S/C34H31BrN2O4S/c1-5-40-25-14-11-22(12-15-25)28-19-42-33(31(28)34(39)41-6-2)37-32(38)27-18-30(23-9-7-21(8-10-23)20(3)4)36-29-16-13-24(35)17-26(27)29/h7-20H,5-6H2,1-4H3,(H,37,38). The van der Waals surface area contributed by atoms with E-state index < -0.39 is 5.97 Å². The Morgan fingerprint density at radius 1 is 0.929 bits per heavy atom. The number of nitrogens with zero attached hydrogens (tertiary/aromatic N) is 1. The van der Waals surface area contributed by atoms with Gasteiger partial charge in [-0.3, -0.25) is 4.79 Å². The number of rotatable bonds is 9. The molecule has 214 valence electrons. The quantitative estimate of drug-likeness (QED) is 0.162. The van der Waals surface area contributed by atoms with Crippen molar-refractivity contribution in [1.29, 1.82) is 0 Å². The summed E-state index contributed by atoms with van der Waals surface area (Å²) < 4.78 is 11.8. The summed E-state index contributed by atoms with van der Waals surface area (Å²) in [5.74, 6) is 0.319. The molecule has 2 aromatic heterocycles. The van der Waals surface area contributed by atoms with Gasteiger partial charge in [-0.2, -0.15) is 0 Å². The molecular formula is C34H31BrN2O4S. The minimum atomic E-state index is -0.494. The van der Waals surface area contributed by atoms with Crippen LogP contribution in [0.15, 0.2) is 82.6 Å². The summed E-state index contributed by atoms with van der Waals surface area (Å²) in [6.45, 7) is 8.77. The van der Waals surface area contributed by atoms with Crippen LogP contribution in [0.3, 0.4) is 0 Å². The van der Waals surface area contributed by atoms with E-state index in [9.17, 15) is 9.59 Å². The molecule has 5 aromatic rings. The van der Waals surface area contributed by atoms with Crippen LogP contribution in [0, 0.1) is 0 Å². The molecule has 1 N–H and O–H groups in total. The lowest BCUT2D eigenvalue weighted by molar-refractivity contribution is 0.0529. The van der Waals surface area contributed by atoms with E-state index in [0.29, 0.717) is 50.8 Å². The smallest absolute Gasteiger partial charge is 0.341 e. The van der Waals surface area contributed by atoms with E-state index in [1.54, 1.807) is 13.0 Å². The van der Waals surface area contributed by atoms with Gasteiger partial charge in [0.25, 0.3) is 5.91 Å². The van der Waals surface area contributed by atoms with Gasteiger partial charge in [0, 0.05) is 26.4 Å². The van der Waals surface area contributed by atoms with Crippen LogP contribution in [0.1, 0.15) is 59.9 Å². The minimum Gasteiger partial charge on any atom is -0.494 e. The number of pyridine rings is 1. The van der Waals surface area contributed by atoms with Gasteiger partial charge in [-0.15, -0.1) is 11.3 Å². The fourth-order valence-electron chi connectivity index (χ4n) is 4.71. The Labute approximate surface area is 257 Å². The molecule has 0 radical (unpaired) electrons. The molecular weight excluding hydrogens is 612 g/mol. The van der Waals surface area contributed by atoms with Crippen molar-refractivity contribution in [1.82, 2.24) is 4.98 Å². The highest BCUT2D eigenvalue weighted by Crippen LogP contribution is 2.38. The summed E-state index contributed by atoms with van der Waals surface area (Å²) in [5.41, 5.74) is 5.82. The van der Waals surface area contributed by atoms with Gasteiger partial charge in [-0.25, -0.2) is 9.78 Å². The number of aromatic nitrogens is 1. The van der Waals surface area contributed by atoms with Gasteiger partial charge in [-0.1, -0.05) is 66.2 Å². The minimum absolute atomic E-state index is 0.215. The third-order valence-corrected chi connectivity index (χ3v) is 8.25. The molecule has 0 aliphatic rings. The van der Waals surface area contributed by atoms with Crippen molar-refractivity contribution < 1.29 is 19.1 Å². The lowest BCUT2D eigenvalue weighted by atomic mass is 9.99. The molecule has 42 heavy (non-hydrogen) atoms. The molecule has 1 amide bonds. The highest BCUT2D eigenvalue weighted by atomic mass is 79.9. The van der Waals surface area contributed by atoms with E-state index in [2.05, 4.69) is 47.2 Å². The summed E-state index contributed by atoms with van der Waals surface area (Å²) in [4.78, 5) is 32.0. The number of fused-ring (bicyclic) bond motifs is 1. The lowest BCUT2D eigenvalue weighted by Gasteiger charge is -2.13. The molecule has 2 heterocycles. The fraction of sp³-hybridized carbons (Fsp3) is 0.206. The number of ether oxygens (including phenoxy) is 2. The second-order valence-electron chi connectivity index (χ2n) is 9.98. The number of benzene rings is 3. The highest BCUT2D eigenvalue weighted by Gasteiger charge is 2.24. The predicted molar refractivity (Wildman–Crippen MR) is 174 cm³/mol. The van der Waals surface area contributed by atoms with E-state index in [1.807, 2.05) is 66.9 Å². The Hall–Kier alpha value is -4.01. The Bertz CT molecular complexity index is 1740. The Morgan fingerprint density at radius 2 is 1.64 bits per heavy atom. The topological polar surface area (TPSA) is 77.5 Å². The molecule has 0 aliphatic carbocycles. The van der Waals surface area contributed by atoms with Crippen LogP contribution in [0.4, 0.5) is 5.00 Å². The number of hydrogen-bond donors (Lipinski definition) is 1. The fourth-order valence-corrected chi connectivity index (χ4v) is 6.02. The largest absolute Gasteiger partial charge is 0.494 e. The van der Waals surface area contributed by atoms with Crippen LogP contribution in [0.2, 0.25) is 0 Å². The van der Waals surface area contributed by atoms with Crippen LogP contribution in [0.25, 0.3) is 33.3 Å². The number of carbonyl (C=O) groups is 2. The van der Waals surface area contributed by atoms with Crippen LogP contribution >= 0.6 is 27.3 Å². The van der Waals surface area contributed by atoms with Crippen molar-refractivity contribution in [2.24, 2.45) is 0 Å². The zero-order valence-corrected chi connectivity index (χ0v) is 26.3. The van der Waals surface area contributed by atoms with Gasteiger partial charge in [0.05, 0.1) is 30.0 Å². The molecule has 8 heteroatoms. The van der Waals surface area contributed by atoms with E-state index in [4.69, 9.17) is 14.5 Å². The van der Waals surface area contributed by atoms with Gasteiger partial charge in [0.2, 0.25) is 0 Å². The van der Waals surface area contributed by atoms with E-state index >= 15 is 0 Å². The highest BCUT2D eigenvalue weighted by molar-refractivity contribution is 9.10. The summed E-state index contributed by atoms with van der Waals surface area (Å²) >= 11 is 4.82. The molecule has 0 unspecified atom stereocenters. The second-order valence-corrected chi connectivity index (χ2v) is 11.8. The SMILES string of the molecule is CCOC(=O)c1c(-c2ccc(OCC)cc2)csc1NC(=O)c1cc(-c2ccc(C(C)C)cc2)nc2ccc(Br)cc12. The van der Waals surface area contributed by atoms with Crippen molar-refractivity contribution in [2.75, 3.05) is 18.5 Å². The first-order valence-electron chi connectivity index (χ1n) is 13.8. The monoisotopic (exact) mass is 642 g/mol. The molecule has 6 nitrogen and oxygen atoms in total. The van der Waals surface area contributed by atoms with Crippen molar-refractivity contribution >= 4 is 55.0 Å². The normalized spacial score (nSPS) is 11.1. The van der Waals surface area contributed by atoms with Gasteiger partial charge >= 0.3 is 5.97 Å². The number of hydrogen-bond acceptors (Lipinski definition) is 6. The summed E-state index contributed by atoms with van der Waals surface area (Å²) in [6, 6.07) is 23.2. The average Bonchev–Trinajstić information content (AvgIpc) is 3.40. The number of thiophene rings is 1. The average molecular weight is 644 g/mol. The molecule has 3 aromatic carbocycles. The molecule has 0 fully saturated rings. The second kappa shape index (κ2) is 12.9. The number of nitrogens with one attached hydrogen (secondary N) is 1. The predicted octanol–water partition coefficient (Wildman–Crippen LogP) is 9.34. The van der Waals surface area contributed by atoms with Crippen LogP contribution in [-0.2, 0) is 4.74 Å². The Balaban J connectivity index is 1.56. The third-order valence-electron chi connectivity index (χ3n) is 6.86. The molecule has 0 spiro atoms. The van der Waals surface area contributed by atoms with Gasteiger partial charge in [0.1, 0.15) is 16.3 Å². The van der Waals surface area contributed by atoms with E-state index in [0.717, 1.165) is 21.3 Å². The zero-order chi connectivity index (χ0) is 29.8. The number of anilines is 1. The maximum atomic E-state index is 13.9. The summed E-state index contributed by atoms with van der Waals surface area (Å²) in [6.07, 6.45) is 0. The van der Waals surface area contributed by atoms with Crippen molar-refractivity contribution in [3.63, 3.8) is 0 Å². The van der Waals surface area contributed by atoms with Gasteiger partial charge in [-0.05, 0) is 67.3 Å². The third kappa shape index (κ3) is 6.25. The number of amides is 1. The van der Waals surface area contributed by atoms with Gasteiger partial charge < -0.3 is 14.8 Å². The number of esters is 1. The van der Waals surface area contributed by atoms with E-state index in [-0.39, 0.29) is 12.5 Å². The van der Waals surface area contributed by atoms with Crippen molar-refractivity contribution in [3.05, 3.63) is 99.3 Å².